The number of nitrogens with one attached hydrogen (secondary N) is 1. The van der Waals surface area contributed by atoms with Crippen LogP contribution in [0, 0.1) is 6.92 Å². The zero-order chi connectivity index (χ0) is 15.0. The van der Waals surface area contributed by atoms with E-state index in [0.29, 0.717) is 0 Å². The first-order chi connectivity index (χ1) is 10.1. The topological polar surface area (TPSA) is 73.5 Å². The van der Waals surface area contributed by atoms with Crippen LogP contribution in [0.3, 0.4) is 0 Å². The number of hydrogen-bond donors (Lipinski definition) is 1. The van der Waals surface area contributed by atoms with E-state index in [2.05, 4.69) is 39.3 Å². The molecule has 3 aromatic rings. The lowest BCUT2D eigenvalue weighted by atomic mass is 10.2. The molecule has 3 aromatic heterocycles. The Morgan fingerprint density at radius 3 is 2.86 bits per heavy atom. The first-order valence-electron chi connectivity index (χ1n) is 7.08. The van der Waals surface area contributed by atoms with Gasteiger partial charge in [-0.3, -0.25) is 0 Å². The molecule has 0 amide bonds. The van der Waals surface area contributed by atoms with Crippen molar-refractivity contribution in [2.24, 2.45) is 7.05 Å². The van der Waals surface area contributed by atoms with Gasteiger partial charge in [0.25, 0.3) is 0 Å². The SMILES string of the molecule is CC[C@@H](Nc1nc2c(s1)c(C)nn2C)c1ncnn1CC. The molecule has 21 heavy (non-hydrogen) atoms. The largest absolute Gasteiger partial charge is 0.351 e. The Kier molecular flexibility index (Phi) is 3.62. The van der Waals surface area contributed by atoms with Crippen LogP contribution in [0.25, 0.3) is 10.3 Å². The Labute approximate surface area is 127 Å². The average Bonchev–Trinajstić information content (AvgIpc) is 3.15. The Bertz CT molecular complexity index is 719. The number of nitrogens with zero attached hydrogens (tertiary/aromatic N) is 6. The summed E-state index contributed by atoms with van der Waals surface area (Å²) in [5.41, 5.74) is 1.94. The lowest BCUT2D eigenvalue weighted by Gasteiger charge is -2.15. The standard InChI is InChI=1S/C13H19N7S/c1-5-9(11-14-7-15-20(11)6-2)16-13-17-12-10(21-13)8(3)18-19(12)4/h7,9H,5-6H2,1-4H3,(H,16,17)/t9-/m1/s1. The molecule has 0 saturated heterocycles. The molecule has 112 valence electrons. The summed E-state index contributed by atoms with van der Waals surface area (Å²) in [5, 5.41) is 13.0. The molecule has 3 rings (SSSR count). The number of rotatable bonds is 5. The van der Waals surface area contributed by atoms with Gasteiger partial charge in [-0.1, -0.05) is 18.3 Å². The first kappa shape index (κ1) is 14.0. The zero-order valence-corrected chi connectivity index (χ0v) is 13.5. The fraction of sp³-hybridized carbons (Fsp3) is 0.538. The third kappa shape index (κ3) is 2.39. The molecular weight excluding hydrogens is 286 g/mol. The van der Waals surface area contributed by atoms with E-state index in [1.807, 2.05) is 23.3 Å². The summed E-state index contributed by atoms with van der Waals surface area (Å²) in [7, 11) is 1.92. The summed E-state index contributed by atoms with van der Waals surface area (Å²) in [6.45, 7) is 7.02. The molecule has 0 saturated carbocycles. The summed E-state index contributed by atoms with van der Waals surface area (Å²) < 4.78 is 4.87. The van der Waals surface area contributed by atoms with Gasteiger partial charge < -0.3 is 5.32 Å². The Morgan fingerprint density at radius 1 is 1.38 bits per heavy atom. The maximum Gasteiger partial charge on any atom is 0.186 e. The van der Waals surface area contributed by atoms with Crippen LogP contribution in [0.1, 0.15) is 37.8 Å². The molecule has 0 unspecified atom stereocenters. The highest BCUT2D eigenvalue weighted by atomic mass is 32.1. The van der Waals surface area contributed by atoms with E-state index in [-0.39, 0.29) is 6.04 Å². The van der Waals surface area contributed by atoms with Crippen LogP contribution in [0.15, 0.2) is 6.33 Å². The summed E-state index contributed by atoms with van der Waals surface area (Å²) in [6, 6.07) is 0.112. The molecule has 1 N–H and O–H groups in total. The predicted molar refractivity (Wildman–Crippen MR) is 83.5 cm³/mol. The normalized spacial score (nSPS) is 13.0. The second kappa shape index (κ2) is 5.44. The molecule has 0 aliphatic heterocycles. The summed E-state index contributed by atoms with van der Waals surface area (Å²) >= 11 is 1.64. The molecule has 1 atom stereocenters. The molecule has 0 radical (unpaired) electrons. The van der Waals surface area contributed by atoms with E-state index in [9.17, 15) is 0 Å². The minimum absolute atomic E-state index is 0.112. The molecule has 0 bridgehead atoms. The van der Waals surface area contributed by atoms with E-state index in [4.69, 9.17) is 0 Å². The molecular formula is C13H19N7S. The minimum Gasteiger partial charge on any atom is -0.351 e. The van der Waals surface area contributed by atoms with Crippen LogP contribution < -0.4 is 5.32 Å². The number of thiazole rings is 1. The maximum absolute atomic E-state index is 4.64. The van der Waals surface area contributed by atoms with Crippen molar-refractivity contribution in [1.82, 2.24) is 29.5 Å². The highest BCUT2D eigenvalue weighted by Gasteiger charge is 2.19. The number of aryl methyl sites for hydroxylation is 3. The van der Waals surface area contributed by atoms with Crippen molar-refractivity contribution in [2.75, 3.05) is 5.32 Å². The van der Waals surface area contributed by atoms with Gasteiger partial charge >= 0.3 is 0 Å². The first-order valence-corrected chi connectivity index (χ1v) is 7.90. The van der Waals surface area contributed by atoms with E-state index in [1.165, 1.54) is 0 Å². The second-order valence-electron chi connectivity index (χ2n) is 4.92. The third-order valence-corrected chi connectivity index (χ3v) is 4.59. The van der Waals surface area contributed by atoms with Gasteiger partial charge in [0, 0.05) is 13.6 Å². The molecule has 0 aliphatic rings. The molecule has 0 aliphatic carbocycles. The number of aromatic nitrogens is 6. The second-order valence-corrected chi connectivity index (χ2v) is 5.92. The lowest BCUT2D eigenvalue weighted by molar-refractivity contribution is 0.568. The van der Waals surface area contributed by atoms with Crippen LogP contribution in [0.5, 0.6) is 0 Å². The van der Waals surface area contributed by atoms with Crippen LogP contribution in [-0.2, 0) is 13.6 Å². The Morgan fingerprint density at radius 2 is 2.19 bits per heavy atom. The molecule has 3 heterocycles. The molecule has 0 fully saturated rings. The van der Waals surface area contributed by atoms with Crippen LogP contribution in [0.4, 0.5) is 5.13 Å². The van der Waals surface area contributed by atoms with Crippen molar-refractivity contribution in [2.45, 2.75) is 39.8 Å². The zero-order valence-electron chi connectivity index (χ0n) is 12.7. The molecule has 0 aromatic carbocycles. The number of anilines is 1. The van der Waals surface area contributed by atoms with E-state index < -0.39 is 0 Å². The summed E-state index contributed by atoms with van der Waals surface area (Å²) in [6.07, 6.45) is 2.53. The maximum atomic E-state index is 4.64. The fourth-order valence-corrected chi connectivity index (χ4v) is 3.42. The van der Waals surface area contributed by atoms with Crippen LogP contribution >= 0.6 is 11.3 Å². The summed E-state index contributed by atoms with van der Waals surface area (Å²) in [4.78, 5) is 9.02. The van der Waals surface area contributed by atoms with Gasteiger partial charge in [0.05, 0.1) is 16.4 Å². The smallest absolute Gasteiger partial charge is 0.186 e. The average molecular weight is 305 g/mol. The fourth-order valence-electron chi connectivity index (χ4n) is 2.43. The van der Waals surface area contributed by atoms with Gasteiger partial charge in [-0.05, 0) is 20.3 Å². The monoisotopic (exact) mass is 305 g/mol. The van der Waals surface area contributed by atoms with E-state index >= 15 is 0 Å². The van der Waals surface area contributed by atoms with Gasteiger partial charge in [-0.25, -0.2) is 19.3 Å². The minimum atomic E-state index is 0.112. The van der Waals surface area contributed by atoms with E-state index in [0.717, 1.165) is 40.0 Å². The predicted octanol–water partition coefficient (Wildman–Crippen LogP) is 2.51. The highest BCUT2D eigenvalue weighted by molar-refractivity contribution is 7.22. The van der Waals surface area contributed by atoms with Gasteiger partial charge in [0.1, 0.15) is 12.2 Å². The lowest BCUT2D eigenvalue weighted by Crippen LogP contribution is -2.16. The van der Waals surface area contributed by atoms with Gasteiger partial charge in [-0.15, -0.1) is 0 Å². The van der Waals surface area contributed by atoms with Crippen LogP contribution in [0.2, 0.25) is 0 Å². The van der Waals surface area contributed by atoms with Crippen molar-refractivity contribution in [3.05, 3.63) is 17.8 Å². The molecule has 0 spiro atoms. The van der Waals surface area contributed by atoms with Crippen molar-refractivity contribution in [3.8, 4) is 0 Å². The van der Waals surface area contributed by atoms with Crippen LogP contribution in [-0.4, -0.2) is 29.5 Å². The number of hydrogen-bond acceptors (Lipinski definition) is 6. The van der Waals surface area contributed by atoms with Gasteiger partial charge in [0.15, 0.2) is 10.8 Å². The van der Waals surface area contributed by atoms with Crippen molar-refractivity contribution in [1.29, 1.82) is 0 Å². The quantitative estimate of drug-likeness (QED) is 0.784. The van der Waals surface area contributed by atoms with Gasteiger partial charge in [0.2, 0.25) is 0 Å². The highest BCUT2D eigenvalue weighted by Crippen LogP contribution is 2.31. The Balaban J connectivity index is 1.90. The Hall–Kier alpha value is -1.96. The van der Waals surface area contributed by atoms with Crippen molar-refractivity contribution >= 4 is 26.8 Å². The van der Waals surface area contributed by atoms with Crippen molar-refractivity contribution < 1.29 is 0 Å². The van der Waals surface area contributed by atoms with Crippen molar-refractivity contribution in [3.63, 3.8) is 0 Å². The summed E-state index contributed by atoms with van der Waals surface area (Å²) in [5.74, 6) is 0.953. The molecule has 7 nitrogen and oxygen atoms in total. The third-order valence-electron chi connectivity index (χ3n) is 3.51. The molecule has 8 heteroatoms. The van der Waals surface area contributed by atoms with E-state index in [1.54, 1.807) is 17.7 Å². The number of fused-ring (bicyclic) bond motifs is 1. The van der Waals surface area contributed by atoms with Gasteiger partial charge in [-0.2, -0.15) is 10.2 Å².